The van der Waals surface area contributed by atoms with Crippen LogP contribution in [-0.4, -0.2) is 10.9 Å². The molecular formula is C21H20N2OS. The maximum Gasteiger partial charge on any atom is 0.244 e. The monoisotopic (exact) mass is 348 g/mol. The predicted octanol–water partition coefficient (Wildman–Crippen LogP) is 4.89. The highest BCUT2D eigenvalue weighted by atomic mass is 32.1. The van der Waals surface area contributed by atoms with E-state index >= 15 is 0 Å². The molecule has 1 aliphatic carbocycles. The zero-order valence-electron chi connectivity index (χ0n) is 14.1. The molecule has 1 fully saturated rings. The lowest BCUT2D eigenvalue weighted by atomic mass is 10.0. The molecule has 1 atom stereocenters. The summed E-state index contributed by atoms with van der Waals surface area (Å²) in [7, 11) is 0. The molecule has 1 heterocycles. The SMILES string of the molecule is Cc1ccc(C(NC(=O)/C=C/c2nc3ccccc3s2)C2CC2)cc1. The molecule has 4 rings (SSSR count). The van der Waals surface area contributed by atoms with Gasteiger partial charge in [0.2, 0.25) is 5.91 Å². The van der Waals surface area contributed by atoms with Gasteiger partial charge < -0.3 is 5.32 Å². The molecule has 0 aliphatic heterocycles. The van der Waals surface area contributed by atoms with Crippen molar-refractivity contribution in [3.05, 3.63) is 70.7 Å². The first-order valence-corrected chi connectivity index (χ1v) is 9.41. The Morgan fingerprint density at radius 1 is 1.20 bits per heavy atom. The first-order valence-electron chi connectivity index (χ1n) is 8.60. The van der Waals surface area contributed by atoms with E-state index in [-0.39, 0.29) is 11.9 Å². The third-order valence-corrected chi connectivity index (χ3v) is 5.52. The van der Waals surface area contributed by atoms with Gasteiger partial charge in [-0.15, -0.1) is 11.3 Å². The number of aryl methyl sites for hydroxylation is 1. The van der Waals surface area contributed by atoms with Crippen LogP contribution in [-0.2, 0) is 4.79 Å². The first kappa shape index (κ1) is 16.0. The first-order chi connectivity index (χ1) is 12.2. The van der Waals surface area contributed by atoms with Gasteiger partial charge in [0.05, 0.1) is 16.3 Å². The number of aromatic nitrogens is 1. The van der Waals surface area contributed by atoms with Crippen molar-refractivity contribution in [2.75, 3.05) is 0 Å². The Morgan fingerprint density at radius 2 is 1.96 bits per heavy atom. The fraction of sp³-hybridized carbons (Fsp3) is 0.238. The van der Waals surface area contributed by atoms with E-state index in [1.807, 2.05) is 24.3 Å². The Hall–Kier alpha value is -2.46. The lowest BCUT2D eigenvalue weighted by Crippen LogP contribution is -2.28. The zero-order chi connectivity index (χ0) is 17.2. The minimum absolute atomic E-state index is 0.0586. The van der Waals surface area contributed by atoms with Crippen LogP contribution in [0.5, 0.6) is 0 Å². The van der Waals surface area contributed by atoms with Crippen molar-refractivity contribution in [3.8, 4) is 0 Å². The number of thiazole rings is 1. The number of amides is 1. The van der Waals surface area contributed by atoms with Crippen LogP contribution < -0.4 is 5.32 Å². The topological polar surface area (TPSA) is 42.0 Å². The molecule has 1 aromatic heterocycles. The molecule has 4 heteroatoms. The van der Waals surface area contributed by atoms with Gasteiger partial charge in [-0.3, -0.25) is 4.79 Å². The van der Waals surface area contributed by atoms with Gasteiger partial charge in [0.1, 0.15) is 5.01 Å². The third-order valence-electron chi connectivity index (χ3n) is 4.52. The van der Waals surface area contributed by atoms with E-state index in [0.29, 0.717) is 5.92 Å². The molecule has 3 nitrogen and oxygen atoms in total. The number of nitrogens with one attached hydrogen (secondary N) is 1. The molecule has 0 saturated heterocycles. The molecule has 25 heavy (non-hydrogen) atoms. The van der Waals surface area contributed by atoms with Gasteiger partial charge in [0, 0.05) is 6.08 Å². The maximum absolute atomic E-state index is 12.4. The number of rotatable bonds is 5. The zero-order valence-corrected chi connectivity index (χ0v) is 14.9. The molecule has 3 aromatic rings. The largest absolute Gasteiger partial charge is 0.345 e. The second-order valence-corrected chi connectivity index (χ2v) is 7.65. The van der Waals surface area contributed by atoms with E-state index in [1.165, 1.54) is 24.0 Å². The number of para-hydroxylation sites is 1. The van der Waals surface area contributed by atoms with Crippen LogP contribution in [0.4, 0.5) is 0 Å². The van der Waals surface area contributed by atoms with Gasteiger partial charge in [0.25, 0.3) is 0 Å². The predicted molar refractivity (Wildman–Crippen MR) is 103 cm³/mol. The minimum Gasteiger partial charge on any atom is -0.345 e. The summed E-state index contributed by atoms with van der Waals surface area (Å²) in [5, 5.41) is 4.03. The molecule has 126 valence electrons. The summed E-state index contributed by atoms with van der Waals surface area (Å²) in [5.74, 6) is 0.499. The molecule has 1 amide bonds. The van der Waals surface area contributed by atoms with Crippen LogP contribution in [0.15, 0.2) is 54.6 Å². The average molecular weight is 348 g/mol. The van der Waals surface area contributed by atoms with Crippen LogP contribution in [0, 0.1) is 12.8 Å². The second kappa shape index (κ2) is 6.81. The van der Waals surface area contributed by atoms with Crippen molar-refractivity contribution < 1.29 is 4.79 Å². The van der Waals surface area contributed by atoms with E-state index in [9.17, 15) is 4.79 Å². The van der Waals surface area contributed by atoms with Crippen LogP contribution in [0.25, 0.3) is 16.3 Å². The van der Waals surface area contributed by atoms with Crippen LogP contribution >= 0.6 is 11.3 Å². The fourth-order valence-electron chi connectivity index (χ4n) is 2.99. The number of hydrogen-bond donors (Lipinski definition) is 1. The quantitative estimate of drug-likeness (QED) is 0.667. The summed E-state index contributed by atoms with van der Waals surface area (Å²) >= 11 is 1.60. The van der Waals surface area contributed by atoms with E-state index in [2.05, 4.69) is 41.5 Å². The average Bonchev–Trinajstić information content (AvgIpc) is 3.37. The summed E-state index contributed by atoms with van der Waals surface area (Å²) in [4.78, 5) is 16.9. The van der Waals surface area contributed by atoms with E-state index < -0.39 is 0 Å². The molecule has 1 unspecified atom stereocenters. The highest BCUT2D eigenvalue weighted by Gasteiger charge is 2.32. The molecular weight excluding hydrogens is 328 g/mol. The van der Waals surface area contributed by atoms with Gasteiger partial charge in [-0.05, 0) is 49.5 Å². The Kier molecular flexibility index (Phi) is 4.36. The minimum atomic E-state index is -0.0586. The third kappa shape index (κ3) is 3.80. The summed E-state index contributed by atoms with van der Waals surface area (Å²) in [6, 6.07) is 16.6. The summed E-state index contributed by atoms with van der Waals surface area (Å²) in [6.07, 6.45) is 5.77. The van der Waals surface area contributed by atoms with Crippen molar-refractivity contribution in [1.29, 1.82) is 0 Å². The molecule has 1 N–H and O–H groups in total. The number of nitrogens with zero attached hydrogens (tertiary/aromatic N) is 1. The van der Waals surface area contributed by atoms with Crippen LogP contribution in [0.3, 0.4) is 0 Å². The second-order valence-electron chi connectivity index (χ2n) is 6.59. The lowest BCUT2D eigenvalue weighted by molar-refractivity contribution is -0.117. The smallest absolute Gasteiger partial charge is 0.244 e. The molecule has 2 aromatic carbocycles. The van der Waals surface area contributed by atoms with Crippen LogP contribution in [0.2, 0.25) is 0 Å². The molecule has 1 saturated carbocycles. The van der Waals surface area contributed by atoms with E-state index in [4.69, 9.17) is 0 Å². The molecule has 0 spiro atoms. The fourth-order valence-corrected chi connectivity index (χ4v) is 3.86. The highest BCUT2D eigenvalue weighted by Crippen LogP contribution is 2.41. The van der Waals surface area contributed by atoms with Crippen molar-refractivity contribution in [2.45, 2.75) is 25.8 Å². The number of hydrogen-bond acceptors (Lipinski definition) is 3. The van der Waals surface area contributed by atoms with Crippen molar-refractivity contribution in [3.63, 3.8) is 0 Å². The van der Waals surface area contributed by atoms with E-state index in [0.717, 1.165) is 15.2 Å². The van der Waals surface area contributed by atoms with Gasteiger partial charge in [-0.2, -0.15) is 0 Å². The molecule has 0 radical (unpaired) electrons. The van der Waals surface area contributed by atoms with E-state index in [1.54, 1.807) is 23.5 Å². The number of fused-ring (bicyclic) bond motifs is 1. The Bertz CT molecular complexity index is 889. The molecule has 1 aliphatic rings. The van der Waals surface area contributed by atoms with Gasteiger partial charge in [-0.1, -0.05) is 42.0 Å². The number of carbonyl (C=O) groups is 1. The van der Waals surface area contributed by atoms with Crippen LogP contribution in [0.1, 0.15) is 35.0 Å². The number of carbonyl (C=O) groups excluding carboxylic acids is 1. The number of benzene rings is 2. The summed E-state index contributed by atoms with van der Waals surface area (Å²) in [5.41, 5.74) is 3.40. The Morgan fingerprint density at radius 3 is 2.68 bits per heavy atom. The Balaban J connectivity index is 1.47. The highest BCUT2D eigenvalue weighted by molar-refractivity contribution is 7.19. The summed E-state index contributed by atoms with van der Waals surface area (Å²) in [6.45, 7) is 2.08. The van der Waals surface area contributed by atoms with Gasteiger partial charge in [-0.25, -0.2) is 4.98 Å². The normalized spacial score (nSPS) is 15.6. The Labute approximate surface area is 151 Å². The van der Waals surface area contributed by atoms with Gasteiger partial charge >= 0.3 is 0 Å². The lowest BCUT2D eigenvalue weighted by Gasteiger charge is -2.18. The van der Waals surface area contributed by atoms with Crippen molar-refractivity contribution >= 4 is 33.5 Å². The van der Waals surface area contributed by atoms with Crippen molar-refractivity contribution in [2.24, 2.45) is 5.92 Å². The van der Waals surface area contributed by atoms with Gasteiger partial charge in [0.15, 0.2) is 0 Å². The maximum atomic E-state index is 12.4. The molecule has 0 bridgehead atoms. The standard InChI is InChI=1S/C21H20N2OS/c1-14-6-8-15(9-7-14)21(16-10-11-16)23-19(24)12-13-20-22-17-4-2-3-5-18(17)25-20/h2-9,12-13,16,21H,10-11H2,1H3,(H,23,24)/b13-12+. The van der Waals surface area contributed by atoms with Crippen molar-refractivity contribution in [1.82, 2.24) is 10.3 Å². The summed E-state index contributed by atoms with van der Waals surface area (Å²) < 4.78 is 1.14.